The number of nitrogens with zero attached hydrogens (tertiary/aromatic N) is 4. The van der Waals surface area contributed by atoms with Crippen molar-refractivity contribution in [1.82, 2.24) is 19.3 Å². The van der Waals surface area contributed by atoms with E-state index in [-0.39, 0.29) is 6.04 Å². The van der Waals surface area contributed by atoms with Crippen molar-refractivity contribution in [3.8, 4) is 0 Å². The third kappa shape index (κ3) is 3.19. The summed E-state index contributed by atoms with van der Waals surface area (Å²) in [6.45, 7) is 8.94. The Morgan fingerprint density at radius 2 is 2.05 bits per heavy atom. The number of methoxy groups -OCH3 is 1. The van der Waals surface area contributed by atoms with E-state index in [0.717, 1.165) is 17.3 Å². The van der Waals surface area contributed by atoms with Gasteiger partial charge in [-0.3, -0.25) is 4.68 Å². The second-order valence-corrected chi connectivity index (χ2v) is 5.35. The van der Waals surface area contributed by atoms with Gasteiger partial charge >= 0.3 is 0 Å². The molecule has 1 atom stereocenters. The van der Waals surface area contributed by atoms with Crippen LogP contribution in [0.25, 0.3) is 0 Å². The van der Waals surface area contributed by atoms with Crippen molar-refractivity contribution in [3.05, 3.63) is 24.3 Å². The fourth-order valence-corrected chi connectivity index (χ4v) is 2.08. The number of aromatic nitrogens is 4. The summed E-state index contributed by atoms with van der Waals surface area (Å²) in [7, 11) is 1.71. The Hall–Kier alpha value is -1.82. The van der Waals surface area contributed by atoms with Crippen LogP contribution in [0.5, 0.6) is 0 Å². The molecule has 0 aliphatic carbocycles. The zero-order chi connectivity index (χ0) is 14.7. The summed E-state index contributed by atoms with van der Waals surface area (Å²) in [6.07, 6.45) is 5.83. The van der Waals surface area contributed by atoms with Gasteiger partial charge in [0.05, 0.1) is 30.2 Å². The van der Waals surface area contributed by atoms with Gasteiger partial charge in [0.15, 0.2) is 0 Å². The first-order valence-electron chi connectivity index (χ1n) is 6.87. The van der Waals surface area contributed by atoms with Gasteiger partial charge in [0, 0.05) is 25.5 Å². The number of aryl methyl sites for hydroxylation is 1. The average molecular weight is 277 g/mol. The summed E-state index contributed by atoms with van der Waals surface area (Å²) >= 11 is 0. The molecule has 2 heterocycles. The molecule has 1 unspecified atom stereocenters. The van der Waals surface area contributed by atoms with Crippen LogP contribution in [-0.4, -0.2) is 33.0 Å². The summed E-state index contributed by atoms with van der Waals surface area (Å²) in [5.74, 6) is 0.815. The Morgan fingerprint density at radius 3 is 2.65 bits per heavy atom. The maximum Gasteiger partial charge on any atom is 0.207 e. The fraction of sp³-hybridized carbons (Fsp3) is 0.571. The van der Waals surface area contributed by atoms with E-state index in [9.17, 15) is 0 Å². The molecule has 0 saturated carbocycles. The van der Waals surface area contributed by atoms with Crippen molar-refractivity contribution in [2.24, 2.45) is 0 Å². The van der Waals surface area contributed by atoms with Gasteiger partial charge in [0.1, 0.15) is 0 Å². The van der Waals surface area contributed by atoms with E-state index in [0.29, 0.717) is 12.6 Å². The second kappa shape index (κ2) is 6.09. The minimum absolute atomic E-state index is 0.226. The lowest BCUT2D eigenvalue weighted by molar-refractivity contribution is 0.163. The van der Waals surface area contributed by atoms with Gasteiger partial charge in [-0.05, 0) is 27.7 Å². The number of rotatable bonds is 6. The molecule has 0 spiro atoms. The molecule has 0 saturated heterocycles. The van der Waals surface area contributed by atoms with Gasteiger partial charge in [-0.2, -0.15) is 5.10 Å². The van der Waals surface area contributed by atoms with E-state index >= 15 is 0 Å². The molecule has 0 aliphatic rings. The third-order valence-electron chi connectivity index (χ3n) is 3.12. The minimum Gasteiger partial charge on any atom is -0.383 e. The molecule has 0 amide bonds. The van der Waals surface area contributed by atoms with Crippen molar-refractivity contribution in [2.45, 2.75) is 39.8 Å². The van der Waals surface area contributed by atoms with Gasteiger partial charge in [-0.25, -0.2) is 4.98 Å². The Morgan fingerprint density at radius 1 is 1.30 bits per heavy atom. The topological polar surface area (TPSA) is 56.9 Å². The lowest BCUT2D eigenvalue weighted by Crippen LogP contribution is -2.12. The van der Waals surface area contributed by atoms with Crippen molar-refractivity contribution >= 4 is 11.6 Å². The molecule has 20 heavy (non-hydrogen) atoms. The first kappa shape index (κ1) is 14.6. The lowest BCUT2D eigenvalue weighted by atomic mass is 10.3. The van der Waals surface area contributed by atoms with Crippen LogP contribution in [0.15, 0.2) is 18.6 Å². The highest BCUT2D eigenvalue weighted by Gasteiger charge is 2.13. The van der Waals surface area contributed by atoms with Crippen LogP contribution in [0.4, 0.5) is 11.6 Å². The second-order valence-electron chi connectivity index (χ2n) is 5.35. The van der Waals surface area contributed by atoms with Crippen LogP contribution >= 0.6 is 0 Å². The zero-order valence-corrected chi connectivity index (χ0v) is 12.8. The monoisotopic (exact) mass is 277 g/mol. The SMILES string of the molecule is COCC(C)n1cc(C)nc1Nc1cnn(C(C)C)c1. The molecule has 0 aliphatic heterocycles. The number of imidazole rings is 1. The molecule has 0 aromatic carbocycles. The van der Waals surface area contributed by atoms with Crippen LogP contribution < -0.4 is 5.32 Å². The number of ether oxygens (including phenoxy) is 1. The first-order valence-corrected chi connectivity index (χ1v) is 6.87. The highest BCUT2D eigenvalue weighted by molar-refractivity contribution is 5.51. The Labute approximate surface area is 119 Å². The van der Waals surface area contributed by atoms with Crippen molar-refractivity contribution in [2.75, 3.05) is 19.0 Å². The number of anilines is 2. The minimum atomic E-state index is 0.226. The standard InChI is InChI=1S/C14H23N5O/c1-10(2)19-8-13(6-15-19)17-14-16-11(3)7-18(14)12(4)9-20-5/h6-8,10,12H,9H2,1-5H3,(H,16,17). The van der Waals surface area contributed by atoms with Crippen LogP contribution in [0.2, 0.25) is 0 Å². The first-order chi connectivity index (χ1) is 9.51. The van der Waals surface area contributed by atoms with Gasteiger partial charge in [0.2, 0.25) is 5.95 Å². The van der Waals surface area contributed by atoms with Crippen LogP contribution in [0, 0.1) is 6.92 Å². The summed E-state index contributed by atoms with van der Waals surface area (Å²) < 4.78 is 9.22. The van der Waals surface area contributed by atoms with E-state index in [1.165, 1.54) is 0 Å². The van der Waals surface area contributed by atoms with Gasteiger partial charge < -0.3 is 14.6 Å². The quantitative estimate of drug-likeness (QED) is 0.882. The summed E-state index contributed by atoms with van der Waals surface area (Å²) in [6, 6.07) is 0.572. The van der Waals surface area contributed by atoms with Crippen LogP contribution in [-0.2, 0) is 4.74 Å². The largest absolute Gasteiger partial charge is 0.383 e. The van der Waals surface area contributed by atoms with E-state index in [4.69, 9.17) is 4.74 Å². The van der Waals surface area contributed by atoms with Gasteiger partial charge in [-0.15, -0.1) is 0 Å². The molecule has 0 fully saturated rings. The Balaban J connectivity index is 2.19. The molecule has 1 N–H and O–H groups in total. The van der Waals surface area contributed by atoms with Crippen LogP contribution in [0.1, 0.15) is 38.5 Å². The molecule has 0 radical (unpaired) electrons. The highest BCUT2D eigenvalue weighted by atomic mass is 16.5. The number of nitrogens with one attached hydrogen (secondary N) is 1. The highest BCUT2D eigenvalue weighted by Crippen LogP contribution is 2.21. The molecule has 6 nitrogen and oxygen atoms in total. The summed E-state index contributed by atoms with van der Waals surface area (Å²) in [5.41, 5.74) is 1.92. The van der Waals surface area contributed by atoms with Crippen molar-refractivity contribution < 1.29 is 4.74 Å². The molecule has 0 bridgehead atoms. The third-order valence-corrected chi connectivity index (χ3v) is 3.12. The predicted molar refractivity (Wildman–Crippen MR) is 79.4 cm³/mol. The van der Waals surface area contributed by atoms with Gasteiger partial charge in [-0.1, -0.05) is 0 Å². The maximum absolute atomic E-state index is 5.22. The lowest BCUT2D eigenvalue weighted by Gasteiger charge is -2.15. The normalized spacial score (nSPS) is 12.9. The molecule has 2 aromatic heterocycles. The van der Waals surface area contributed by atoms with E-state index < -0.39 is 0 Å². The molecule has 6 heteroatoms. The van der Waals surface area contributed by atoms with E-state index in [1.54, 1.807) is 7.11 Å². The van der Waals surface area contributed by atoms with Crippen molar-refractivity contribution in [3.63, 3.8) is 0 Å². The molecule has 2 aromatic rings. The summed E-state index contributed by atoms with van der Waals surface area (Å²) in [4.78, 5) is 4.52. The summed E-state index contributed by atoms with van der Waals surface area (Å²) in [5, 5.41) is 7.64. The smallest absolute Gasteiger partial charge is 0.207 e. The Kier molecular flexibility index (Phi) is 4.44. The van der Waals surface area contributed by atoms with Gasteiger partial charge in [0.25, 0.3) is 0 Å². The number of hydrogen-bond donors (Lipinski definition) is 1. The fourth-order valence-electron chi connectivity index (χ4n) is 2.08. The number of hydrogen-bond acceptors (Lipinski definition) is 4. The molecule has 110 valence electrons. The predicted octanol–water partition coefficient (Wildman–Crippen LogP) is 2.92. The Bertz CT molecular complexity index is 558. The van der Waals surface area contributed by atoms with Crippen molar-refractivity contribution in [1.29, 1.82) is 0 Å². The molecular weight excluding hydrogens is 254 g/mol. The van der Waals surface area contributed by atoms with E-state index in [1.807, 2.05) is 30.2 Å². The van der Waals surface area contributed by atoms with Crippen LogP contribution in [0.3, 0.4) is 0 Å². The maximum atomic E-state index is 5.22. The average Bonchev–Trinajstić information content (AvgIpc) is 2.97. The zero-order valence-electron chi connectivity index (χ0n) is 12.8. The molecular formula is C14H23N5O. The van der Waals surface area contributed by atoms with E-state index in [2.05, 4.69) is 40.7 Å². The molecule has 2 rings (SSSR count).